The van der Waals surface area contributed by atoms with Crippen molar-refractivity contribution < 1.29 is 29.7 Å². The molecule has 7 heteroatoms. The number of aryl methyl sites for hydroxylation is 2. The van der Waals surface area contributed by atoms with Gasteiger partial charge in [-0.2, -0.15) is 0 Å². The zero-order valence-electron chi connectivity index (χ0n) is 16.2. The summed E-state index contributed by atoms with van der Waals surface area (Å²) in [5, 5.41) is 26.8. The number of carboxylic acid groups (broad SMARTS) is 3. The molecule has 0 atom stereocenters. The Bertz CT molecular complexity index is 1120. The van der Waals surface area contributed by atoms with Crippen LogP contribution in [-0.4, -0.2) is 33.2 Å². The molecule has 0 spiro atoms. The number of rotatable bonds is 4. The maximum Gasteiger partial charge on any atom is 0.336 e. The number of halogens is 1. The van der Waals surface area contributed by atoms with Gasteiger partial charge in [-0.15, -0.1) is 0 Å². The first-order chi connectivity index (χ1) is 14.1. The van der Waals surface area contributed by atoms with Crippen LogP contribution in [0.3, 0.4) is 0 Å². The maximum atomic E-state index is 11.2. The third-order valence-electron chi connectivity index (χ3n) is 4.18. The van der Waals surface area contributed by atoms with Gasteiger partial charge in [-0.05, 0) is 71.2 Å². The highest BCUT2D eigenvalue weighted by Gasteiger charge is 2.13. The summed E-state index contributed by atoms with van der Waals surface area (Å²) < 4.78 is 0.621. The molecule has 154 valence electrons. The van der Waals surface area contributed by atoms with Gasteiger partial charge < -0.3 is 15.3 Å². The smallest absolute Gasteiger partial charge is 0.336 e. The largest absolute Gasteiger partial charge is 0.478 e. The van der Waals surface area contributed by atoms with Crippen LogP contribution in [0.25, 0.3) is 11.1 Å². The van der Waals surface area contributed by atoms with Crippen LogP contribution in [0.4, 0.5) is 0 Å². The highest BCUT2D eigenvalue weighted by molar-refractivity contribution is 9.10. The van der Waals surface area contributed by atoms with Gasteiger partial charge in [-0.1, -0.05) is 41.5 Å². The van der Waals surface area contributed by atoms with Crippen LogP contribution in [0.5, 0.6) is 0 Å². The molecule has 0 amide bonds. The van der Waals surface area contributed by atoms with Gasteiger partial charge in [0.15, 0.2) is 0 Å². The number of benzene rings is 3. The summed E-state index contributed by atoms with van der Waals surface area (Å²) in [5.41, 5.74) is 3.50. The van der Waals surface area contributed by atoms with Crippen molar-refractivity contribution in [3.8, 4) is 11.1 Å². The van der Waals surface area contributed by atoms with Gasteiger partial charge in [0.1, 0.15) is 0 Å². The van der Waals surface area contributed by atoms with Crippen molar-refractivity contribution in [1.82, 2.24) is 0 Å². The van der Waals surface area contributed by atoms with Gasteiger partial charge in [-0.25, -0.2) is 14.4 Å². The molecule has 3 aromatic carbocycles. The van der Waals surface area contributed by atoms with E-state index in [1.54, 1.807) is 42.5 Å². The van der Waals surface area contributed by atoms with Crippen LogP contribution in [0.15, 0.2) is 65.1 Å². The van der Waals surface area contributed by atoms with E-state index in [1.807, 2.05) is 19.9 Å². The van der Waals surface area contributed by atoms with Crippen LogP contribution in [0.1, 0.15) is 42.2 Å². The molecule has 0 aliphatic heterocycles. The first-order valence-corrected chi connectivity index (χ1v) is 9.56. The third kappa shape index (κ3) is 5.78. The van der Waals surface area contributed by atoms with E-state index in [-0.39, 0.29) is 11.1 Å². The summed E-state index contributed by atoms with van der Waals surface area (Å²) >= 11 is 3.15. The first-order valence-electron chi connectivity index (χ1n) is 8.77. The number of hydrogen-bond acceptors (Lipinski definition) is 3. The van der Waals surface area contributed by atoms with Gasteiger partial charge in [0.05, 0.1) is 16.7 Å². The Morgan fingerprint density at radius 2 is 1.27 bits per heavy atom. The standard InChI is InChI=1S/C15H12O4.C8H7BrO2/c1-9-5-6-12(13(7-9)15(18)19)10-3-2-4-11(8-10)14(16)17;1-5-2-3-7(9)6(4-5)8(10)11/h2-8H,1H3,(H,16,17)(H,18,19);2-4H,1H3,(H,10,11). The monoisotopic (exact) mass is 470 g/mol. The van der Waals surface area contributed by atoms with E-state index in [1.165, 1.54) is 12.1 Å². The molecule has 6 nitrogen and oxygen atoms in total. The number of hydrogen-bond donors (Lipinski definition) is 3. The van der Waals surface area contributed by atoms with Crippen LogP contribution >= 0.6 is 15.9 Å². The lowest BCUT2D eigenvalue weighted by atomic mass is 9.96. The molecule has 0 radical (unpaired) electrons. The molecule has 0 aromatic heterocycles. The predicted molar refractivity (Wildman–Crippen MR) is 116 cm³/mol. The fourth-order valence-electron chi connectivity index (χ4n) is 2.71. The lowest BCUT2D eigenvalue weighted by Gasteiger charge is -2.08. The second-order valence-electron chi connectivity index (χ2n) is 6.53. The Labute approximate surface area is 181 Å². The van der Waals surface area contributed by atoms with E-state index in [4.69, 9.17) is 10.2 Å². The Hall–Kier alpha value is -3.45. The molecule has 0 fully saturated rings. The third-order valence-corrected chi connectivity index (χ3v) is 4.87. The predicted octanol–water partition coefficient (Wildman–Crippen LogP) is 5.51. The Morgan fingerprint density at radius 3 is 1.80 bits per heavy atom. The molecular weight excluding hydrogens is 452 g/mol. The molecule has 0 unspecified atom stereocenters. The van der Waals surface area contributed by atoms with E-state index in [0.717, 1.165) is 11.1 Å². The number of carboxylic acids is 3. The SMILES string of the molecule is Cc1ccc(-c2cccc(C(=O)O)c2)c(C(=O)O)c1.Cc1ccc(Br)c(C(=O)O)c1. The molecule has 0 heterocycles. The Balaban J connectivity index is 0.000000248. The minimum Gasteiger partial charge on any atom is -0.478 e. The molecule has 3 rings (SSSR count). The second kappa shape index (κ2) is 9.84. The van der Waals surface area contributed by atoms with Crippen molar-refractivity contribution in [2.75, 3.05) is 0 Å². The molecule has 3 N–H and O–H groups in total. The van der Waals surface area contributed by atoms with Gasteiger partial charge >= 0.3 is 17.9 Å². The van der Waals surface area contributed by atoms with Gasteiger partial charge in [-0.3, -0.25) is 0 Å². The second-order valence-corrected chi connectivity index (χ2v) is 7.38. The lowest BCUT2D eigenvalue weighted by molar-refractivity contribution is 0.0685. The van der Waals surface area contributed by atoms with Crippen molar-refractivity contribution >= 4 is 33.8 Å². The van der Waals surface area contributed by atoms with Crippen molar-refractivity contribution in [3.05, 3.63) is 93.0 Å². The number of aromatic carboxylic acids is 3. The summed E-state index contributed by atoms with van der Waals surface area (Å²) in [7, 11) is 0. The Morgan fingerprint density at radius 1 is 0.700 bits per heavy atom. The van der Waals surface area contributed by atoms with Gasteiger partial charge in [0.2, 0.25) is 0 Å². The minimum absolute atomic E-state index is 0.134. The lowest BCUT2D eigenvalue weighted by Crippen LogP contribution is -2.01. The summed E-state index contributed by atoms with van der Waals surface area (Å²) in [6.45, 7) is 3.67. The van der Waals surface area contributed by atoms with Crippen molar-refractivity contribution in [3.63, 3.8) is 0 Å². The van der Waals surface area contributed by atoms with E-state index >= 15 is 0 Å². The van der Waals surface area contributed by atoms with Crippen molar-refractivity contribution in [2.24, 2.45) is 0 Å². The normalized spacial score (nSPS) is 9.97. The summed E-state index contributed by atoms with van der Waals surface area (Å²) in [6, 6.07) is 16.5. The maximum absolute atomic E-state index is 11.2. The van der Waals surface area contributed by atoms with Crippen LogP contribution < -0.4 is 0 Å². The summed E-state index contributed by atoms with van der Waals surface area (Å²) in [4.78, 5) is 32.7. The topological polar surface area (TPSA) is 112 Å². The van der Waals surface area contributed by atoms with Crippen LogP contribution in [0, 0.1) is 13.8 Å². The zero-order chi connectivity index (χ0) is 22.4. The van der Waals surface area contributed by atoms with Gasteiger partial charge in [0.25, 0.3) is 0 Å². The van der Waals surface area contributed by atoms with Gasteiger partial charge in [0, 0.05) is 4.47 Å². The van der Waals surface area contributed by atoms with E-state index < -0.39 is 17.9 Å². The molecule has 0 aliphatic carbocycles. The minimum atomic E-state index is -1.04. The van der Waals surface area contributed by atoms with Crippen LogP contribution in [-0.2, 0) is 0 Å². The van der Waals surface area contributed by atoms with E-state index in [2.05, 4.69) is 15.9 Å². The quantitative estimate of drug-likeness (QED) is 0.463. The molecule has 30 heavy (non-hydrogen) atoms. The molecule has 0 bridgehead atoms. The zero-order valence-corrected chi connectivity index (χ0v) is 17.8. The van der Waals surface area contributed by atoms with Crippen molar-refractivity contribution in [2.45, 2.75) is 13.8 Å². The average molecular weight is 471 g/mol. The summed E-state index contributed by atoms with van der Waals surface area (Å²) in [6.07, 6.45) is 0. The van der Waals surface area contributed by atoms with Crippen molar-refractivity contribution in [1.29, 1.82) is 0 Å². The fraction of sp³-hybridized carbons (Fsp3) is 0.0870. The first kappa shape index (κ1) is 22.8. The highest BCUT2D eigenvalue weighted by Crippen LogP contribution is 2.26. The van der Waals surface area contributed by atoms with E-state index in [9.17, 15) is 19.5 Å². The summed E-state index contributed by atoms with van der Waals surface area (Å²) in [5.74, 6) is -2.97. The fourth-order valence-corrected chi connectivity index (χ4v) is 3.13. The molecular formula is C23H19BrO6. The molecule has 0 saturated heterocycles. The van der Waals surface area contributed by atoms with E-state index in [0.29, 0.717) is 21.2 Å². The van der Waals surface area contributed by atoms with Crippen LogP contribution in [0.2, 0.25) is 0 Å². The number of carbonyl (C=O) groups is 3. The molecule has 3 aromatic rings. The highest BCUT2D eigenvalue weighted by atomic mass is 79.9. The average Bonchev–Trinajstić information content (AvgIpc) is 2.70. The molecule has 0 saturated carbocycles. The Kier molecular flexibility index (Phi) is 7.49. The molecule has 0 aliphatic rings.